The molecule has 1 heterocycles. The van der Waals surface area contributed by atoms with Gasteiger partial charge in [-0.3, -0.25) is 4.90 Å². The summed E-state index contributed by atoms with van der Waals surface area (Å²) in [6.07, 6.45) is 0.903. The molecule has 0 saturated carbocycles. The summed E-state index contributed by atoms with van der Waals surface area (Å²) < 4.78 is 10.7. The van der Waals surface area contributed by atoms with E-state index in [4.69, 9.17) is 21.1 Å². The van der Waals surface area contributed by atoms with E-state index in [1.807, 2.05) is 24.3 Å². The van der Waals surface area contributed by atoms with Crippen LogP contribution in [0.25, 0.3) is 0 Å². The smallest absolute Gasteiger partial charge is 0.411 e. The molecular formula is C18H24ClNO4. The fourth-order valence-corrected chi connectivity index (χ4v) is 2.70. The Labute approximate surface area is 147 Å². The van der Waals surface area contributed by atoms with Gasteiger partial charge in [-0.2, -0.15) is 0 Å². The molecule has 1 saturated heterocycles. The minimum absolute atomic E-state index is 0.181. The van der Waals surface area contributed by atoms with Gasteiger partial charge in [0, 0.05) is 12.4 Å². The van der Waals surface area contributed by atoms with Crippen LogP contribution >= 0.6 is 11.6 Å². The molecule has 0 aromatic heterocycles. The van der Waals surface area contributed by atoms with Crippen molar-refractivity contribution < 1.29 is 19.1 Å². The first-order valence-corrected chi connectivity index (χ1v) is 8.63. The van der Waals surface area contributed by atoms with Crippen molar-refractivity contribution >= 4 is 23.7 Å². The summed E-state index contributed by atoms with van der Waals surface area (Å²) in [7, 11) is 0. The van der Waals surface area contributed by atoms with Crippen LogP contribution in [0.4, 0.5) is 4.79 Å². The Bertz CT molecular complexity index is 580. The Morgan fingerprint density at radius 3 is 2.42 bits per heavy atom. The van der Waals surface area contributed by atoms with E-state index in [-0.39, 0.29) is 12.6 Å². The van der Waals surface area contributed by atoms with Crippen LogP contribution in [0, 0.1) is 0 Å². The summed E-state index contributed by atoms with van der Waals surface area (Å²) in [6, 6.07) is 7.00. The zero-order chi connectivity index (χ0) is 17.7. The number of hydrogen-bond acceptors (Lipinski definition) is 4. The highest BCUT2D eigenvalue weighted by Gasteiger charge is 2.37. The molecule has 1 fully saturated rings. The van der Waals surface area contributed by atoms with E-state index in [9.17, 15) is 9.59 Å². The lowest BCUT2D eigenvalue weighted by atomic mass is 10.1. The maximum absolute atomic E-state index is 12.3. The van der Waals surface area contributed by atoms with E-state index >= 15 is 0 Å². The summed E-state index contributed by atoms with van der Waals surface area (Å²) >= 11 is 5.75. The zero-order valence-corrected chi connectivity index (χ0v) is 15.1. The second kappa shape index (κ2) is 7.88. The number of amides is 1. The maximum atomic E-state index is 12.3. The van der Waals surface area contributed by atoms with Crippen molar-refractivity contribution in [2.45, 2.75) is 57.7 Å². The Balaban J connectivity index is 1.91. The van der Waals surface area contributed by atoms with E-state index in [0.717, 1.165) is 17.5 Å². The molecule has 0 aliphatic carbocycles. The third-order valence-corrected chi connectivity index (χ3v) is 4.02. The Morgan fingerprint density at radius 2 is 1.83 bits per heavy atom. The molecule has 0 spiro atoms. The number of ether oxygens (including phenoxy) is 2. The van der Waals surface area contributed by atoms with Gasteiger partial charge in [0.1, 0.15) is 18.2 Å². The van der Waals surface area contributed by atoms with Gasteiger partial charge in [-0.15, -0.1) is 11.6 Å². The lowest BCUT2D eigenvalue weighted by Crippen LogP contribution is -2.44. The van der Waals surface area contributed by atoms with Crippen LogP contribution in [0.3, 0.4) is 0 Å². The molecule has 1 amide bonds. The van der Waals surface area contributed by atoms with Gasteiger partial charge in [-0.05, 0) is 44.7 Å². The number of carbonyl (C=O) groups excluding carboxylic acids is 2. The van der Waals surface area contributed by atoms with Crippen molar-refractivity contribution in [3.8, 4) is 0 Å². The Kier molecular flexibility index (Phi) is 6.10. The summed E-state index contributed by atoms with van der Waals surface area (Å²) in [6.45, 7) is 6.11. The van der Waals surface area contributed by atoms with E-state index in [1.165, 1.54) is 4.90 Å². The number of esters is 1. The van der Waals surface area contributed by atoms with Gasteiger partial charge in [0.25, 0.3) is 0 Å². The molecule has 1 atom stereocenters. The standard InChI is InChI=1S/C18H24ClNO4/c1-18(2,3)24-17(22)20-10-4-5-15(20)16(21)23-12-14-8-6-13(11-19)7-9-14/h6-9,15H,4-5,10-12H2,1-3H3. The van der Waals surface area contributed by atoms with Crippen LogP contribution in [-0.2, 0) is 26.8 Å². The number of hydrogen-bond donors (Lipinski definition) is 0. The highest BCUT2D eigenvalue weighted by Crippen LogP contribution is 2.22. The lowest BCUT2D eigenvalue weighted by Gasteiger charge is -2.27. The number of carbonyl (C=O) groups is 2. The summed E-state index contributed by atoms with van der Waals surface area (Å²) in [5.41, 5.74) is 1.32. The fraction of sp³-hybridized carbons (Fsp3) is 0.556. The largest absolute Gasteiger partial charge is 0.459 e. The molecule has 0 bridgehead atoms. The average molecular weight is 354 g/mol. The van der Waals surface area contributed by atoms with Gasteiger partial charge in [0.2, 0.25) is 0 Å². The molecule has 2 rings (SSSR count). The summed E-state index contributed by atoms with van der Waals surface area (Å²) in [5.74, 6) is 0.0623. The Morgan fingerprint density at radius 1 is 1.21 bits per heavy atom. The summed E-state index contributed by atoms with van der Waals surface area (Å²) in [5, 5.41) is 0. The van der Waals surface area contributed by atoms with Crippen molar-refractivity contribution in [3.63, 3.8) is 0 Å². The average Bonchev–Trinajstić information content (AvgIpc) is 3.01. The van der Waals surface area contributed by atoms with Crippen LogP contribution in [0.2, 0.25) is 0 Å². The molecule has 1 aromatic rings. The minimum atomic E-state index is -0.585. The van der Waals surface area contributed by atoms with Crippen molar-refractivity contribution in [1.29, 1.82) is 0 Å². The van der Waals surface area contributed by atoms with Crippen LogP contribution < -0.4 is 0 Å². The predicted molar refractivity (Wildman–Crippen MR) is 91.8 cm³/mol. The lowest BCUT2D eigenvalue weighted by molar-refractivity contribution is -0.150. The second-order valence-corrected chi connectivity index (χ2v) is 7.16. The van der Waals surface area contributed by atoms with Gasteiger partial charge in [0.05, 0.1) is 0 Å². The number of benzene rings is 1. The normalized spacial score (nSPS) is 17.7. The Hall–Kier alpha value is -1.75. The molecule has 24 heavy (non-hydrogen) atoms. The number of halogens is 1. The molecular weight excluding hydrogens is 330 g/mol. The predicted octanol–water partition coefficient (Wildman–Crippen LogP) is 3.87. The first-order valence-electron chi connectivity index (χ1n) is 8.10. The third-order valence-electron chi connectivity index (χ3n) is 3.71. The first kappa shape index (κ1) is 18.6. The van der Waals surface area contributed by atoms with Crippen LogP contribution in [-0.4, -0.2) is 35.2 Å². The molecule has 6 heteroatoms. The first-order chi connectivity index (χ1) is 11.3. The third kappa shape index (κ3) is 5.13. The van der Waals surface area contributed by atoms with Crippen molar-refractivity contribution in [1.82, 2.24) is 4.90 Å². The summed E-state index contributed by atoms with van der Waals surface area (Å²) in [4.78, 5) is 26.0. The zero-order valence-electron chi connectivity index (χ0n) is 14.4. The number of likely N-dealkylation sites (tertiary alicyclic amines) is 1. The highest BCUT2D eigenvalue weighted by molar-refractivity contribution is 6.17. The molecule has 1 unspecified atom stereocenters. The number of alkyl halides is 1. The molecule has 1 aliphatic heterocycles. The molecule has 0 N–H and O–H groups in total. The molecule has 132 valence electrons. The molecule has 1 aliphatic rings. The number of rotatable bonds is 4. The maximum Gasteiger partial charge on any atom is 0.411 e. The minimum Gasteiger partial charge on any atom is -0.459 e. The van der Waals surface area contributed by atoms with E-state index in [0.29, 0.717) is 18.8 Å². The van der Waals surface area contributed by atoms with Crippen molar-refractivity contribution in [2.75, 3.05) is 6.54 Å². The van der Waals surface area contributed by atoms with E-state index in [1.54, 1.807) is 20.8 Å². The van der Waals surface area contributed by atoms with Crippen LogP contribution in [0.5, 0.6) is 0 Å². The number of nitrogens with zero attached hydrogens (tertiary/aromatic N) is 1. The van der Waals surface area contributed by atoms with Crippen LogP contribution in [0.15, 0.2) is 24.3 Å². The quantitative estimate of drug-likeness (QED) is 0.609. The van der Waals surface area contributed by atoms with Gasteiger partial charge in [-0.1, -0.05) is 24.3 Å². The second-order valence-electron chi connectivity index (χ2n) is 6.89. The topological polar surface area (TPSA) is 55.8 Å². The van der Waals surface area contributed by atoms with Crippen LogP contribution in [0.1, 0.15) is 44.7 Å². The highest BCUT2D eigenvalue weighted by atomic mass is 35.5. The van der Waals surface area contributed by atoms with Crippen molar-refractivity contribution in [2.24, 2.45) is 0 Å². The van der Waals surface area contributed by atoms with Gasteiger partial charge >= 0.3 is 12.1 Å². The van der Waals surface area contributed by atoms with Crippen molar-refractivity contribution in [3.05, 3.63) is 35.4 Å². The van der Waals surface area contributed by atoms with Gasteiger partial charge in [0.15, 0.2) is 0 Å². The SMILES string of the molecule is CC(C)(C)OC(=O)N1CCCC1C(=O)OCc1ccc(CCl)cc1. The van der Waals surface area contributed by atoms with Gasteiger partial charge < -0.3 is 9.47 Å². The fourth-order valence-electron chi connectivity index (χ4n) is 2.53. The molecule has 1 aromatic carbocycles. The molecule has 5 nitrogen and oxygen atoms in total. The molecule has 0 radical (unpaired) electrons. The van der Waals surface area contributed by atoms with E-state index < -0.39 is 17.7 Å². The van der Waals surface area contributed by atoms with E-state index in [2.05, 4.69) is 0 Å². The monoisotopic (exact) mass is 353 g/mol. The van der Waals surface area contributed by atoms with Gasteiger partial charge in [-0.25, -0.2) is 9.59 Å².